The summed E-state index contributed by atoms with van der Waals surface area (Å²) in [5, 5.41) is 13.8. The molecule has 1 N–H and O–H groups in total. The van der Waals surface area contributed by atoms with E-state index in [1.54, 1.807) is 11.8 Å². The molecule has 0 unspecified atom stereocenters. The summed E-state index contributed by atoms with van der Waals surface area (Å²) in [5.41, 5.74) is 2.33. The number of aliphatic hydroxyl groups excluding tert-OH is 1. The predicted molar refractivity (Wildman–Crippen MR) is 108 cm³/mol. The minimum atomic E-state index is -0.431. The van der Waals surface area contributed by atoms with Gasteiger partial charge in [0.1, 0.15) is 0 Å². The fourth-order valence-electron chi connectivity index (χ4n) is 3.19. The first-order valence-corrected chi connectivity index (χ1v) is 9.61. The summed E-state index contributed by atoms with van der Waals surface area (Å²) < 4.78 is 2.22. The van der Waals surface area contributed by atoms with Crippen molar-refractivity contribution in [1.82, 2.24) is 4.57 Å². The van der Waals surface area contributed by atoms with Crippen LogP contribution in [0.25, 0.3) is 21.8 Å². The Morgan fingerprint density at radius 2 is 1.40 bits per heavy atom. The molecule has 0 aliphatic heterocycles. The zero-order valence-electron chi connectivity index (χ0n) is 13.6. The Labute approximate surface area is 156 Å². The monoisotopic (exact) mass is 367 g/mol. The first-order valence-electron chi connectivity index (χ1n) is 8.25. The lowest BCUT2D eigenvalue weighted by molar-refractivity contribution is 0.181. The molecule has 126 valence electrons. The molecule has 1 atom stereocenters. The second-order valence-electron chi connectivity index (χ2n) is 6.06. The maximum Gasteiger partial charge on any atom is 0.0813 e. The van der Waals surface area contributed by atoms with Crippen molar-refractivity contribution in [1.29, 1.82) is 0 Å². The highest BCUT2D eigenvalue weighted by molar-refractivity contribution is 7.99. The Kier molecular flexibility index (Phi) is 4.71. The Morgan fingerprint density at radius 3 is 2.00 bits per heavy atom. The highest BCUT2D eigenvalue weighted by Crippen LogP contribution is 2.29. The predicted octanol–water partition coefficient (Wildman–Crippen LogP) is 5.60. The summed E-state index contributed by atoms with van der Waals surface area (Å²) in [6.45, 7) is 0.578. The lowest BCUT2D eigenvalue weighted by atomic mass is 10.2. The van der Waals surface area contributed by atoms with E-state index in [4.69, 9.17) is 11.6 Å². The van der Waals surface area contributed by atoms with Crippen LogP contribution in [0.4, 0.5) is 0 Å². The van der Waals surface area contributed by atoms with Gasteiger partial charge in [0.15, 0.2) is 0 Å². The molecule has 0 aliphatic carbocycles. The van der Waals surface area contributed by atoms with E-state index in [1.807, 2.05) is 36.4 Å². The van der Waals surface area contributed by atoms with Gasteiger partial charge in [0.2, 0.25) is 0 Å². The van der Waals surface area contributed by atoms with Gasteiger partial charge in [-0.25, -0.2) is 0 Å². The number of hydrogen-bond acceptors (Lipinski definition) is 2. The third-order valence-corrected chi connectivity index (χ3v) is 5.74. The van der Waals surface area contributed by atoms with Crippen LogP contribution in [0.15, 0.2) is 77.7 Å². The lowest BCUT2D eigenvalue weighted by Crippen LogP contribution is -2.18. The van der Waals surface area contributed by atoms with Gasteiger partial charge >= 0.3 is 0 Å². The molecule has 4 rings (SSSR count). The van der Waals surface area contributed by atoms with Crippen molar-refractivity contribution < 1.29 is 5.11 Å². The molecule has 0 saturated heterocycles. The number of halogens is 1. The molecular weight excluding hydrogens is 350 g/mol. The molecule has 4 aromatic rings. The van der Waals surface area contributed by atoms with Crippen molar-refractivity contribution in [3.63, 3.8) is 0 Å². The second-order valence-corrected chi connectivity index (χ2v) is 7.59. The number of nitrogens with zero attached hydrogens (tertiary/aromatic N) is 1. The van der Waals surface area contributed by atoms with Gasteiger partial charge in [-0.3, -0.25) is 0 Å². The summed E-state index contributed by atoms with van der Waals surface area (Å²) in [6, 6.07) is 24.5. The number of hydrogen-bond donors (Lipinski definition) is 1. The average molecular weight is 368 g/mol. The summed E-state index contributed by atoms with van der Waals surface area (Å²) >= 11 is 7.57. The maximum absolute atomic E-state index is 10.6. The number of rotatable bonds is 5. The molecule has 0 saturated carbocycles. The van der Waals surface area contributed by atoms with Crippen LogP contribution < -0.4 is 0 Å². The van der Waals surface area contributed by atoms with Crippen LogP contribution in [-0.2, 0) is 6.54 Å². The molecule has 0 aliphatic rings. The summed E-state index contributed by atoms with van der Waals surface area (Å²) in [4.78, 5) is 1.12. The Hall–Kier alpha value is -1.94. The van der Waals surface area contributed by atoms with Crippen molar-refractivity contribution in [2.75, 3.05) is 5.75 Å². The van der Waals surface area contributed by atoms with Crippen molar-refractivity contribution >= 4 is 45.2 Å². The van der Waals surface area contributed by atoms with E-state index in [0.717, 1.165) is 9.92 Å². The van der Waals surface area contributed by atoms with E-state index in [1.165, 1.54) is 21.8 Å². The maximum atomic E-state index is 10.6. The Balaban J connectivity index is 1.58. The van der Waals surface area contributed by atoms with Crippen molar-refractivity contribution in [2.24, 2.45) is 0 Å². The van der Waals surface area contributed by atoms with E-state index in [0.29, 0.717) is 12.3 Å². The smallest absolute Gasteiger partial charge is 0.0813 e. The van der Waals surface area contributed by atoms with Crippen LogP contribution >= 0.6 is 23.4 Å². The number of benzene rings is 3. The second kappa shape index (κ2) is 7.12. The molecule has 0 fully saturated rings. The van der Waals surface area contributed by atoms with Crippen molar-refractivity contribution in [3.05, 3.63) is 77.8 Å². The molecule has 4 heteroatoms. The molecule has 1 aromatic heterocycles. The largest absolute Gasteiger partial charge is 0.390 e. The normalized spacial score (nSPS) is 12.7. The van der Waals surface area contributed by atoms with Crippen LogP contribution in [0.3, 0.4) is 0 Å². The van der Waals surface area contributed by atoms with E-state index in [9.17, 15) is 5.11 Å². The molecule has 0 spiro atoms. The van der Waals surface area contributed by atoms with E-state index >= 15 is 0 Å². The highest BCUT2D eigenvalue weighted by Gasteiger charge is 2.13. The number of fused-ring (bicyclic) bond motifs is 3. The van der Waals surface area contributed by atoms with E-state index in [2.05, 4.69) is 41.0 Å². The molecule has 2 nitrogen and oxygen atoms in total. The standard InChI is InChI=1S/C21H18ClNOS/c22-15-9-11-17(12-10-15)25-14-16(24)13-23-20-7-3-1-5-18(20)19-6-2-4-8-21(19)23/h1-12,16,24H,13-14H2/t16-/m0/s1. The first-order chi connectivity index (χ1) is 12.2. The number of aliphatic hydroxyl groups is 1. The molecule has 0 amide bonds. The fourth-order valence-corrected chi connectivity index (χ4v) is 4.13. The van der Waals surface area contributed by atoms with Crippen molar-refractivity contribution in [3.8, 4) is 0 Å². The van der Waals surface area contributed by atoms with Gasteiger partial charge in [-0.05, 0) is 36.4 Å². The van der Waals surface area contributed by atoms with Crippen LogP contribution in [-0.4, -0.2) is 21.5 Å². The summed E-state index contributed by atoms with van der Waals surface area (Å²) in [5.74, 6) is 0.641. The van der Waals surface area contributed by atoms with Gasteiger partial charge in [0.25, 0.3) is 0 Å². The SMILES string of the molecule is O[C@H](CSc1ccc(Cl)cc1)Cn1c2ccccc2c2ccccc21. The molecule has 0 bridgehead atoms. The number of para-hydroxylation sites is 2. The molecule has 1 heterocycles. The Bertz CT molecular complexity index is 956. The zero-order chi connectivity index (χ0) is 17.2. The van der Waals surface area contributed by atoms with Gasteiger partial charge in [-0.15, -0.1) is 11.8 Å². The summed E-state index contributed by atoms with van der Waals surface area (Å²) in [6.07, 6.45) is -0.431. The van der Waals surface area contributed by atoms with E-state index in [-0.39, 0.29) is 0 Å². The molecular formula is C21H18ClNOS. The van der Waals surface area contributed by atoms with Gasteiger partial charge in [0, 0.05) is 44.0 Å². The van der Waals surface area contributed by atoms with Crippen LogP contribution in [0.5, 0.6) is 0 Å². The lowest BCUT2D eigenvalue weighted by Gasteiger charge is -2.14. The van der Waals surface area contributed by atoms with Crippen LogP contribution in [0, 0.1) is 0 Å². The quantitative estimate of drug-likeness (QED) is 0.464. The van der Waals surface area contributed by atoms with Gasteiger partial charge in [0.05, 0.1) is 6.10 Å². The fraction of sp³-hybridized carbons (Fsp3) is 0.143. The van der Waals surface area contributed by atoms with Crippen LogP contribution in [0.2, 0.25) is 5.02 Å². The minimum absolute atomic E-state index is 0.431. The highest BCUT2D eigenvalue weighted by atomic mass is 35.5. The molecule has 3 aromatic carbocycles. The Morgan fingerprint density at radius 1 is 0.840 bits per heavy atom. The molecule has 25 heavy (non-hydrogen) atoms. The van der Waals surface area contributed by atoms with Crippen LogP contribution in [0.1, 0.15) is 0 Å². The number of thioether (sulfide) groups is 1. The molecule has 0 radical (unpaired) electrons. The third-order valence-electron chi connectivity index (χ3n) is 4.33. The third kappa shape index (κ3) is 3.40. The van der Waals surface area contributed by atoms with Gasteiger partial charge in [-0.1, -0.05) is 48.0 Å². The zero-order valence-corrected chi connectivity index (χ0v) is 15.2. The van der Waals surface area contributed by atoms with Gasteiger partial charge in [-0.2, -0.15) is 0 Å². The first kappa shape index (κ1) is 16.5. The van der Waals surface area contributed by atoms with Crippen molar-refractivity contribution in [2.45, 2.75) is 17.5 Å². The van der Waals surface area contributed by atoms with E-state index < -0.39 is 6.10 Å². The number of aromatic nitrogens is 1. The average Bonchev–Trinajstić information content (AvgIpc) is 2.96. The summed E-state index contributed by atoms with van der Waals surface area (Å²) in [7, 11) is 0. The van der Waals surface area contributed by atoms with Gasteiger partial charge < -0.3 is 9.67 Å². The minimum Gasteiger partial charge on any atom is -0.390 e. The topological polar surface area (TPSA) is 25.2 Å².